The van der Waals surface area contributed by atoms with Crippen LogP contribution >= 0.6 is 0 Å². The third-order valence-corrected chi connectivity index (χ3v) is 6.34. The van der Waals surface area contributed by atoms with E-state index in [0.29, 0.717) is 36.0 Å². The standard InChI is InChI=1S/C28H27N3O6/c1-18-4-2-3-5-23(18)30-26(32)16-35-22-9-7-21(8-10-22)31-15-20(13-27(31)33)28(34)29-14-19-6-11-24-25(12-19)37-17-36-24/h2-12,20H,13-17H2,1H3,(H,29,34)(H,30,32)/t20-/m1/s1. The fraction of sp³-hybridized carbons (Fsp3) is 0.250. The minimum absolute atomic E-state index is 0.116. The minimum Gasteiger partial charge on any atom is -0.484 e. The summed E-state index contributed by atoms with van der Waals surface area (Å²) < 4.78 is 16.3. The molecule has 0 aliphatic carbocycles. The first-order valence-corrected chi connectivity index (χ1v) is 12.0. The first-order chi connectivity index (χ1) is 18.0. The van der Waals surface area contributed by atoms with Gasteiger partial charge in [-0.15, -0.1) is 0 Å². The van der Waals surface area contributed by atoms with Crippen molar-refractivity contribution in [2.75, 3.05) is 30.2 Å². The minimum atomic E-state index is -0.442. The number of hydrogen-bond donors (Lipinski definition) is 2. The number of nitrogens with one attached hydrogen (secondary N) is 2. The van der Waals surface area contributed by atoms with E-state index in [1.165, 1.54) is 0 Å². The predicted molar refractivity (Wildman–Crippen MR) is 137 cm³/mol. The molecule has 2 aliphatic rings. The largest absolute Gasteiger partial charge is 0.484 e. The lowest BCUT2D eigenvalue weighted by atomic mass is 10.1. The summed E-state index contributed by atoms with van der Waals surface area (Å²) in [6.07, 6.45) is 0.143. The molecule has 1 fully saturated rings. The van der Waals surface area contributed by atoms with Crippen molar-refractivity contribution in [2.45, 2.75) is 19.9 Å². The van der Waals surface area contributed by atoms with E-state index in [4.69, 9.17) is 14.2 Å². The Bertz CT molecular complexity index is 1320. The average Bonchev–Trinajstić information content (AvgIpc) is 3.54. The Hall–Kier alpha value is -4.53. The van der Waals surface area contributed by atoms with Crippen LogP contribution in [-0.2, 0) is 20.9 Å². The van der Waals surface area contributed by atoms with Gasteiger partial charge in [0.05, 0.1) is 5.92 Å². The maximum absolute atomic E-state index is 12.7. The van der Waals surface area contributed by atoms with E-state index in [2.05, 4.69) is 10.6 Å². The van der Waals surface area contributed by atoms with Gasteiger partial charge in [-0.3, -0.25) is 14.4 Å². The zero-order chi connectivity index (χ0) is 25.8. The maximum Gasteiger partial charge on any atom is 0.262 e. The lowest BCUT2D eigenvalue weighted by Gasteiger charge is -2.17. The maximum atomic E-state index is 12.7. The fourth-order valence-corrected chi connectivity index (χ4v) is 4.29. The molecule has 2 N–H and O–H groups in total. The third kappa shape index (κ3) is 5.66. The number of carbonyl (C=O) groups excluding carboxylic acids is 3. The third-order valence-electron chi connectivity index (χ3n) is 6.34. The van der Waals surface area contributed by atoms with Gasteiger partial charge < -0.3 is 29.7 Å². The molecule has 2 heterocycles. The van der Waals surface area contributed by atoms with E-state index in [1.807, 2.05) is 49.4 Å². The zero-order valence-corrected chi connectivity index (χ0v) is 20.4. The molecule has 9 heteroatoms. The molecule has 190 valence electrons. The first-order valence-electron chi connectivity index (χ1n) is 12.0. The fourth-order valence-electron chi connectivity index (χ4n) is 4.29. The topological polar surface area (TPSA) is 106 Å². The van der Waals surface area contributed by atoms with Crippen LogP contribution in [0.15, 0.2) is 66.7 Å². The van der Waals surface area contributed by atoms with Gasteiger partial charge in [0.1, 0.15) is 5.75 Å². The quantitative estimate of drug-likeness (QED) is 0.490. The van der Waals surface area contributed by atoms with Gasteiger partial charge in [-0.2, -0.15) is 0 Å². The SMILES string of the molecule is Cc1ccccc1NC(=O)COc1ccc(N2C[C@H](C(=O)NCc3ccc4c(c3)OCO4)CC2=O)cc1. The summed E-state index contributed by atoms with van der Waals surface area (Å²) in [4.78, 5) is 39.2. The second-order valence-corrected chi connectivity index (χ2v) is 8.96. The van der Waals surface area contributed by atoms with Crippen LogP contribution in [0.25, 0.3) is 0 Å². The molecule has 1 saturated heterocycles. The Morgan fingerprint density at radius 3 is 2.62 bits per heavy atom. The van der Waals surface area contributed by atoms with Crippen molar-refractivity contribution in [1.82, 2.24) is 5.32 Å². The number of nitrogens with zero attached hydrogens (tertiary/aromatic N) is 1. The van der Waals surface area contributed by atoms with Gasteiger partial charge >= 0.3 is 0 Å². The lowest BCUT2D eigenvalue weighted by molar-refractivity contribution is -0.126. The van der Waals surface area contributed by atoms with E-state index in [0.717, 1.165) is 16.8 Å². The Morgan fingerprint density at radius 1 is 1.03 bits per heavy atom. The second-order valence-electron chi connectivity index (χ2n) is 8.96. The molecule has 0 radical (unpaired) electrons. The molecule has 3 aromatic rings. The molecule has 3 amide bonds. The monoisotopic (exact) mass is 501 g/mol. The number of anilines is 2. The molecule has 3 aromatic carbocycles. The van der Waals surface area contributed by atoms with E-state index in [1.54, 1.807) is 29.2 Å². The van der Waals surface area contributed by atoms with E-state index < -0.39 is 5.92 Å². The molecular formula is C28H27N3O6. The van der Waals surface area contributed by atoms with Gasteiger partial charge in [0, 0.05) is 30.9 Å². The van der Waals surface area contributed by atoms with Crippen LogP contribution < -0.4 is 29.7 Å². The Labute approximate surface area is 214 Å². The van der Waals surface area contributed by atoms with Crippen LogP contribution in [0.4, 0.5) is 11.4 Å². The number of hydrogen-bond acceptors (Lipinski definition) is 6. The number of aryl methyl sites for hydroxylation is 1. The van der Waals surface area contributed by atoms with Gasteiger partial charge in [0.15, 0.2) is 18.1 Å². The number of rotatable bonds is 8. The molecule has 2 aliphatic heterocycles. The predicted octanol–water partition coefficient (Wildman–Crippen LogP) is 3.41. The zero-order valence-electron chi connectivity index (χ0n) is 20.4. The van der Waals surface area contributed by atoms with Gasteiger partial charge in [0.2, 0.25) is 18.6 Å². The smallest absolute Gasteiger partial charge is 0.262 e. The van der Waals surface area contributed by atoms with E-state index >= 15 is 0 Å². The molecule has 5 rings (SSSR count). The molecule has 0 unspecified atom stereocenters. The summed E-state index contributed by atoms with van der Waals surface area (Å²) in [7, 11) is 0. The highest BCUT2D eigenvalue weighted by atomic mass is 16.7. The van der Waals surface area contributed by atoms with Crippen molar-refractivity contribution in [2.24, 2.45) is 5.92 Å². The number of para-hydroxylation sites is 1. The van der Waals surface area contributed by atoms with Gasteiger partial charge in [-0.25, -0.2) is 0 Å². The van der Waals surface area contributed by atoms with Crippen molar-refractivity contribution < 1.29 is 28.6 Å². The highest BCUT2D eigenvalue weighted by Gasteiger charge is 2.35. The van der Waals surface area contributed by atoms with Crippen LogP contribution in [0, 0.1) is 12.8 Å². The molecule has 0 bridgehead atoms. The second kappa shape index (κ2) is 10.6. The number of ether oxygens (including phenoxy) is 3. The molecule has 37 heavy (non-hydrogen) atoms. The number of fused-ring (bicyclic) bond motifs is 1. The summed E-state index contributed by atoms with van der Waals surface area (Å²) in [6, 6.07) is 19.9. The summed E-state index contributed by atoms with van der Waals surface area (Å²) in [5.74, 6) is 0.864. The molecule has 0 aromatic heterocycles. The molecule has 9 nitrogen and oxygen atoms in total. The van der Waals surface area contributed by atoms with Crippen molar-refractivity contribution in [3.63, 3.8) is 0 Å². The van der Waals surface area contributed by atoms with Crippen LogP contribution in [0.1, 0.15) is 17.5 Å². The normalized spacial score (nSPS) is 16.0. The molecule has 1 atom stereocenters. The summed E-state index contributed by atoms with van der Waals surface area (Å²) in [5, 5.41) is 5.73. The van der Waals surface area contributed by atoms with Gasteiger partial charge in [0.25, 0.3) is 5.91 Å². The Morgan fingerprint density at radius 2 is 1.81 bits per heavy atom. The lowest BCUT2D eigenvalue weighted by Crippen LogP contribution is -2.32. The summed E-state index contributed by atoms with van der Waals surface area (Å²) >= 11 is 0. The number of benzene rings is 3. The summed E-state index contributed by atoms with van der Waals surface area (Å²) in [5.41, 5.74) is 3.28. The van der Waals surface area contributed by atoms with Crippen molar-refractivity contribution in [3.8, 4) is 17.2 Å². The van der Waals surface area contributed by atoms with Crippen LogP contribution in [0.5, 0.6) is 17.2 Å². The molecular weight excluding hydrogens is 474 g/mol. The van der Waals surface area contributed by atoms with E-state index in [-0.39, 0.29) is 37.5 Å². The number of carbonyl (C=O) groups is 3. The van der Waals surface area contributed by atoms with Gasteiger partial charge in [-0.1, -0.05) is 24.3 Å². The molecule has 0 spiro atoms. The van der Waals surface area contributed by atoms with Gasteiger partial charge in [-0.05, 0) is 60.5 Å². The first kappa shape index (κ1) is 24.2. The summed E-state index contributed by atoms with van der Waals surface area (Å²) in [6.45, 7) is 2.61. The van der Waals surface area contributed by atoms with Crippen LogP contribution in [0.3, 0.4) is 0 Å². The highest BCUT2D eigenvalue weighted by molar-refractivity contribution is 6.00. The van der Waals surface area contributed by atoms with E-state index in [9.17, 15) is 14.4 Å². The highest BCUT2D eigenvalue weighted by Crippen LogP contribution is 2.32. The Balaban J connectivity index is 1.11. The van der Waals surface area contributed by atoms with Crippen LogP contribution in [0.2, 0.25) is 0 Å². The van der Waals surface area contributed by atoms with Crippen molar-refractivity contribution >= 4 is 29.1 Å². The Kier molecular flexibility index (Phi) is 6.93. The average molecular weight is 502 g/mol. The van der Waals surface area contributed by atoms with Crippen LogP contribution in [-0.4, -0.2) is 37.7 Å². The number of amides is 3. The van der Waals surface area contributed by atoms with Crippen molar-refractivity contribution in [3.05, 3.63) is 77.9 Å². The molecule has 0 saturated carbocycles. The van der Waals surface area contributed by atoms with Crippen molar-refractivity contribution in [1.29, 1.82) is 0 Å².